The van der Waals surface area contributed by atoms with Crippen LogP contribution in [0.3, 0.4) is 0 Å². The highest BCUT2D eigenvalue weighted by molar-refractivity contribution is 7.92. The smallest absolute Gasteiger partial charge is 0.245 e. The summed E-state index contributed by atoms with van der Waals surface area (Å²) in [7, 11) is -3.56. The van der Waals surface area contributed by atoms with Crippen LogP contribution < -0.4 is 5.32 Å². The van der Waals surface area contributed by atoms with Gasteiger partial charge < -0.3 is 5.32 Å². The van der Waals surface area contributed by atoms with Gasteiger partial charge in [-0.1, -0.05) is 23.2 Å². The van der Waals surface area contributed by atoms with Gasteiger partial charge in [0.05, 0.1) is 5.69 Å². The third kappa shape index (κ3) is 3.38. The number of hydrogen-bond acceptors (Lipinski definition) is 4. The Kier molecular flexibility index (Phi) is 4.49. The minimum atomic E-state index is -3.56. The Hall–Kier alpha value is -0.850. The van der Waals surface area contributed by atoms with Crippen molar-refractivity contribution in [3.05, 3.63) is 21.9 Å². The summed E-state index contributed by atoms with van der Waals surface area (Å²) in [5.74, 6) is -0.677. The fourth-order valence-corrected chi connectivity index (χ4v) is 2.14. The zero-order chi connectivity index (χ0) is 15.0. The summed E-state index contributed by atoms with van der Waals surface area (Å²) in [6.45, 7) is 4.33. The van der Waals surface area contributed by atoms with Crippen LogP contribution in [-0.4, -0.2) is 30.3 Å². The third-order valence-electron chi connectivity index (χ3n) is 2.85. The molecule has 0 saturated carbocycles. The van der Waals surface area contributed by atoms with Gasteiger partial charge in [-0.05, 0) is 32.4 Å². The number of amides is 1. The minimum absolute atomic E-state index is 0.0163. The van der Waals surface area contributed by atoms with Gasteiger partial charge in [0.2, 0.25) is 5.91 Å². The predicted octanol–water partition coefficient (Wildman–Crippen LogP) is 2.46. The first-order chi connectivity index (χ1) is 8.46. The lowest BCUT2D eigenvalue weighted by Gasteiger charge is -2.22. The first-order valence-corrected chi connectivity index (χ1v) is 7.95. The van der Waals surface area contributed by atoms with Crippen LogP contribution in [0.25, 0.3) is 0 Å². The quantitative estimate of drug-likeness (QED) is 0.866. The van der Waals surface area contributed by atoms with E-state index in [0.29, 0.717) is 5.56 Å². The molecule has 1 aromatic rings. The molecule has 19 heavy (non-hydrogen) atoms. The topological polar surface area (TPSA) is 76.1 Å². The van der Waals surface area contributed by atoms with Gasteiger partial charge in [-0.2, -0.15) is 0 Å². The highest BCUT2D eigenvalue weighted by Crippen LogP contribution is 2.28. The van der Waals surface area contributed by atoms with Gasteiger partial charge in [-0.3, -0.25) is 4.79 Å². The van der Waals surface area contributed by atoms with Crippen molar-refractivity contribution in [1.29, 1.82) is 0 Å². The van der Waals surface area contributed by atoms with E-state index in [-0.39, 0.29) is 16.0 Å². The lowest BCUT2D eigenvalue weighted by atomic mass is 10.1. The normalized spacial score (nSPS) is 12.3. The fraction of sp³-hybridized carbons (Fsp3) is 0.455. The van der Waals surface area contributed by atoms with Gasteiger partial charge in [0, 0.05) is 6.26 Å². The summed E-state index contributed by atoms with van der Waals surface area (Å²) in [4.78, 5) is 15.9. The standard InChI is InChI=1S/C11H14Cl2N2O3S/c1-6-5-7(12)14-9(13)8(6)15-10(16)11(2,3)19(4,17)18/h5H,1-4H3,(H,15,16). The minimum Gasteiger partial charge on any atom is -0.322 e. The van der Waals surface area contributed by atoms with Crippen LogP contribution in [0.1, 0.15) is 19.4 Å². The number of sulfone groups is 1. The molecule has 0 radical (unpaired) electrons. The lowest BCUT2D eigenvalue weighted by Crippen LogP contribution is -2.44. The van der Waals surface area contributed by atoms with Gasteiger partial charge in [-0.25, -0.2) is 13.4 Å². The first kappa shape index (κ1) is 16.2. The molecule has 1 N–H and O–H groups in total. The van der Waals surface area contributed by atoms with E-state index >= 15 is 0 Å². The molecule has 0 aliphatic carbocycles. The van der Waals surface area contributed by atoms with Gasteiger partial charge in [0.25, 0.3) is 0 Å². The highest BCUT2D eigenvalue weighted by Gasteiger charge is 2.38. The molecular weight excluding hydrogens is 311 g/mol. The molecule has 1 rings (SSSR count). The second-order valence-electron chi connectivity index (χ2n) is 4.66. The van der Waals surface area contributed by atoms with Crippen molar-refractivity contribution in [2.45, 2.75) is 25.5 Å². The van der Waals surface area contributed by atoms with E-state index in [0.717, 1.165) is 6.26 Å². The van der Waals surface area contributed by atoms with Crippen molar-refractivity contribution >= 4 is 44.6 Å². The van der Waals surface area contributed by atoms with E-state index in [1.165, 1.54) is 19.9 Å². The zero-order valence-electron chi connectivity index (χ0n) is 10.9. The summed E-state index contributed by atoms with van der Waals surface area (Å²) < 4.78 is 21.6. The molecule has 0 aromatic carbocycles. The van der Waals surface area contributed by atoms with Crippen LogP contribution >= 0.6 is 23.2 Å². The molecular formula is C11H14Cl2N2O3S. The van der Waals surface area contributed by atoms with E-state index in [2.05, 4.69) is 10.3 Å². The molecule has 1 heterocycles. The number of halogens is 2. The number of carbonyl (C=O) groups excluding carboxylic acids is 1. The van der Waals surface area contributed by atoms with Gasteiger partial charge in [0.1, 0.15) is 9.90 Å². The van der Waals surface area contributed by atoms with Crippen LogP contribution in [0.5, 0.6) is 0 Å². The SMILES string of the molecule is Cc1cc(Cl)nc(Cl)c1NC(=O)C(C)(C)S(C)(=O)=O. The maximum atomic E-state index is 12.1. The molecule has 0 bridgehead atoms. The number of anilines is 1. The van der Waals surface area contributed by atoms with Crippen LogP contribution in [0.15, 0.2) is 6.07 Å². The summed E-state index contributed by atoms with van der Waals surface area (Å²) >= 11 is 11.6. The molecule has 1 aromatic heterocycles. The van der Waals surface area contributed by atoms with Gasteiger partial charge in [-0.15, -0.1) is 0 Å². The van der Waals surface area contributed by atoms with Crippen LogP contribution in [-0.2, 0) is 14.6 Å². The molecule has 0 fully saturated rings. The van der Waals surface area contributed by atoms with Crippen molar-refractivity contribution in [2.75, 3.05) is 11.6 Å². The lowest BCUT2D eigenvalue weighted by molar-refractivity contribution is -0.117. The molecule has 106 valence electrons. The van der Waals surface area contributed by atoms with E-state index in [9.17, 15) is 13.2 Å². The molecule has 0 aliphatic heterocycles. The molecule has 0 saturated heterocycles. The number of pyridine rings is 1. The van der Waals surface area contributed by atoms with Crippen molar-refractivity contribution in [3.63, 3.8) is 0 Å². The molecule has 0 atom stereocenters. The Morgan fingerprint density at radius 1 is 1.37 bits per heavy atom. The second-order valence-corrected chi connectivity index (χ2v) is 7.97. The summed E-state index contributed by atoms with van der Waals surface area (Å²) in [5, 5.41) is 2.69. The van der Waals surface area contributed by atoms with Gasteiger partial charge in [0.15, 0.2) is 15.0 Å². The first-order valence-electron chi connectivity index (χ1n) is 5.30. The maximum Gasteiger partial charge on any atom is 0.245 e. The van der Waals surface area contributed by atoms with E-state index in [4.69, 9.17) is 23.2 Å². The molecule has 1 amide bonds. The van der Waals surface area contributed by atoms with Crippen molar-refractivity contribution in [3.8, 4) is 0 Å². The predicted molar refractivity (Wildman–Crippen MR) is 76.5 cm³/mol. The molecule has 5 nitrogen and oxygen atoms in total. The van der Waals surface area contributed by atoms with Gasteiger partial charge >= 0.3 is 0 Å². The number of rotatable bonds is 3. The maximum absolute atomic E-state index is 12.1. The fourth-order valence-electron chi connectivity index (χ4n) is 1.18. The average Bonchev–Trinajstić information content (AvgIpc) is 2.21. The third-order valence-corrected chi connectivity index (χ3v) is 5.36. The Morgan fingerprint density at radius 3 is 2.32 bits per heavy atom. The Labute approximate surface area is 122 Å². The monoisotopic (exact) mass is 324 g/mol. The molecule has 0 aliphatic rings. The van der Waals surface area contributed by atoms with Crippen LogP contribution in [0.4, 0.5) is 5.69 Å². The second kappa shape index (κ2) is 5.26. The number of hydrogen-bond donors (Lipinski definition) is 1. The summed E-state index contributed by atoms with van der Waals surface area (Å²) in [6, 6.07) is 1.52. The van der Waals surface area contributed by atoms with Crippen molar-refractivity contribution in [1.82, 2.24) is 4.98 Å². The molecule has 0 unspecified atom stereocenters. The number of aromatic nitrogens is 1. The molecule has 8 heteroatoms. The average molecular weight is 325 g/mol. The van der Waals surface area contributed by atoms with Crippen LogP contribution in [0, 0.1) is 6.92 Å². The summed E-state index contributed by atoms with van der Waals surface area (Å²) in [6.07, 6.45) is 1.00. The zero-order valence-corrected chi connectivity index (χ0v) is 13.2. The Bertz CT molecular complexity index is 604. The number of aryl methyl sites for hydroxylation is 1. The number of nitrogens with one attached hydrogen (secondary N) is 1. The van der Waals surface area contributed by atoms with E-state index < -0.39 is 20.5 Å². The van der Waals surface area contributed by atoms with Crippen molar-refractivity contribution in [2.24, 2.45) is 0 Å². The Balaban J connectivity index is 3.15. The van der Waals surface area contributed by atoms with Crippen molar-refractivity contribution < 1.29 is 13.2 Å². The van der Waals surface area contributed by atoms with E-state index in [1.54, 1.807) is 6.92 Å². The summed E-state index contributed by atoms with van der Waals surface area (Å²) in [5.41, 5.74) is 0.857. The number of nitrogens with zero attached hydrogens (tertiary/aromatic N) is 1. The van der Waals surface area contributed by atoms with E-state index in [1.807, 2.05) is 0 Å². The molecule has 0 spiro atoms. The number of carbonyl (C=O) groups is 1. The highest BCUT2D eigenvalue weighted by atomic mass is 35.5. The largest absolute Gasteiger partial charge is 0.322 e. The Morgan fingerprint density at radius 2 is 1.89 bits per heavy atom. The van der Waals surface area contributed by atoms with Crippen LogP contribution in [0.2, 0.25) is 10.3 Å².